The number of nitrogens with one attached hydrogen (secondary N) is 1. The highest BCUT2D eigenvalue weighted by molar-refractivity contribution is 5.83. The van der Waals surface area contributed by atoms with Gasteiger partial charge in [0.2, 0.25) is 0 Å². The number of fused-ring (bicyclic) bond motifs is 1. The number of H-pyrrole nitrogens is 1. The molecule has 0 saturated heterocycles. The second-order valence-corrected chi connectivity index (χ2v) is 3.90. The minimum atomic E-state index is 0.404. The summed E-state index contributed by atoms with van der Waals surface area (Å²) >= 11 is 0. The molecule has 3 N–H and O–H groups in total. The number of benzene rings is 1. The highest BCUT2D eigenvalue weighted by Crippen LogP contribution is 2.22. The third kappa shape index (κ3) is 1.42. The lowest BCUT2D eigenvalue weighted by atomic mass is 10.1. The molecule has 0 aliphatic rings. The third-order valence-electron chi connectivity index (χ3n) is 2.77. The van der Waals surface area contributed by atoms with Gasteiger partial charge in [0, 0.05) is 23.7 Å². The van der Waals surface area contributed by atoms with E-state index in [2.05, 4.69) is 43.1 Å². The Labute approximate surface area is 84.1 Å². The largest absolute Gasteiger partial charge is 0.358 e. The van der Waals surface area contributed by atoms with E-state index in [9.17, 15) is 0 Å². The van der Waals surface area contributed by atoms with E-state index in [0.717, 1.165) is 0 Å². The maximum Gasteiger partial charge on any atom is 0.0485 e. The minimum Gasteiger partial charge on any atom is -0.358 e. The van der Waals surface area contributed by atoms with Crippen LogP contribution in [0.2, 0.25) is 0 Å². The maximum absolute atomic E-state index is 5.64. The topological polar surface area (TPSA) is 41.8 Å². The number of aromatic amines is 1. The molecule has 0 aliphatic heterocycles. The molecule has 1 unspecified atom stereocenters. The van der Waals surface area contributed by atoms with Crippen molar-refractivity contribution in [3.05, 3.63) is 35.5 Å². The molecule has 0 fully saturated rings. The van der Waals surface area contributed by atoms with E-state index in [1.165, 1.54) is 22.2 Å². The monoisotopic (exact) mass is 188 g/mol. The first kappa shape index (κ1) is 9.28. The summed E-state index contributed by atoms with van der Waals surface area (Å²) in [5, 5.41) is 1.28. The molecule has 14 heavy (non-hydrogen) atoms. The summed E-state index contributed by atoms with van der Waals surface area (Å²) in [5.41, 5.74) is 9.41. The molecule has 2 heteroatoms. The highest BCUT2D eigenvalue weighted by Gasteiger charge is 2.07. The third-order valence-corrected chi connectivity index (χ3v) is 2.77. The molecule has 2 rings (SSSR count). The number of aryl methyl sites for hydroxylation is 1. The van der Waals surface area contributed by atoms with Crippen LogP contribution in [0, 0.1) is 6.92 Å². The molecule has 0 saturated carbocycles. The van der Waals surface area contributed by atoms with Gasteiger partial charge in [-0.05, 0) is 23.9 Å². The summed E-state index contributed by atoms with van der Waals surface area (Å²) in [7, 11) is 0. The van der Waals surface area contributed by atoms with Gasteiger partial charge in [0.15, 0.2) is 0 Å². The fourth-order valence-corrected chi connectivity index (χ4v) is 1.72. The number of hydrogen-bond acceptors (Lipinski definition) is 1. The zero-order chi connectivity index (χ0) is 10.1. The van der Waals surface area contributed by atoms with Crippen LogP contribution in [0.1, 0.15) is 24.1 Å². The van der Waals surface area contributed by atoms with Crippen molar-refractivity contribution in [1.29, 1.82) is 0 Å². The summed E-state index contributed by atoms with van der Waals surface area (Å²) < 4.78 is 0. The smallest absolute Gasteiger partial charge is 0.0485 e. The number of nitrogens with two attached hydrogens (primary N) is 1. The maximum atomic E-state index is 5.64. The summed E-state index contributed by atoms with van der Waals surface area (Å²) in [6.45, 7) is 4.95. The van der Waals surface area contributed by atoms with Gasteiger partial charge in [0.05, 0.1) is 0 Å². The van der Waals surface area contributed by atoms with E-state index >= 15 is 0 Å². The van der Waals surface area contributed by atoms with E-state index in [1.807, 2.05) is 0 Å². The van der Waals surface area contributed by atoms with E-state index in [4.69, 9.17) is 5.73 Å². The Morgan fingerprint density at radius 2 is 2.21 bits per heavy atom. The summed E-state index contributed by atoms with van der Waals surface area (Å²) in [5.74, 6) is 0.404. The normalized spacial score (nSPS) is 13.4. The molecule has 0 radical (unpaired) electrons. The molecule has 0 amide bonds. The van der Waals surface area contributed by atoms with E-state index in [-0.39, 0.29) is 0 Å². The van der Waals surface area contributed by atoms with Crippen molar-refractivity contribution in [3.8, 4) is 0 Å². The van der Waals surface area contributed by atoms with Gasteiger partial charge in [-0.2, -0.15) is 0 Å². The SMILES string of the molecule is Cc1cccc2cc(C(C)CN)[nH]c12. The Balaban J connectivity index is 2.56. The Kier molecular flexibility index (Phi) is 2.30. The minimum absolute atomic E-state index is 0.404. The zero-order valence-electron chi connectivity index (χ0n) is 8.67. The predicted octanol–water partition coefficient (Wildman–Crippen LogP) is 2.54. The van der Waals surface area contributed by atoms with E-state index in [1.54, 1.807) is 0 Å². The summed E-state index contributed by atoms with van der Waals surface area (Å²) in [6, 6.07) is 8.53. The van der Waals surface area contributed by atoms with Crippen molar-refractivity contribution in [2.45, 2.75) is 19.8 Å². The molecule has 0 aliphatic carbocycles. The molecule has 1 aromatic heterocycles. The van der Waals surface area contributed by atoms with Crippen molar-refractivity contribution in [2.24, 2.45) is 5.73 Å². The van der Waals surface area contributed by atoms with Gasteiger partial charge in [0.1, 0.15) is 0 Å². The van der Waals surface area contributed by atoms with Gasteiger partial charge in [-0.15, -0.1) is 0 Å². The van der Waals surface area contributed by atoms with Crippen LogP contribution >= 0.6 is 0 Å². The second-order valence-electron chi connectivity index (χ2n) is 3.90. The molecule has 0 spiro atoms. The predicted molar refractivity (Wildman–Crippen MR) is 60.5 cm³/mol. The standard InChI is InChI=1S/C12H16N2/c1-8-4-3-5-10-6-11(9(2)7-13)14-12(8)10/h3-6,9,14H,7,13H2,1-2H3. The van der Waals surface area contributed by atoms with Crippen molar-refractivity contribution in [1.82, 2.24) is 4.98 Å². The van der Waals surface area contributed by atoms with Gasteiger partial charge < -0.3 is 10.7 Å². The fraction of sp³-hybridized carbons (Fsp3) is 0.333. The van der Waals surface area contributed by atoms with Gasteiger partial charge in [-0.3, -0.25) is 0 Å². The average molecular weight is 188 g/mol. The van der Waals surface area contributed by atoms with Gasteiger partial charge in [0.25, 0.3) is 0 Å². The molecule has 2 nitrogen and oxygen atoms in total. The number of rotatable bonds is 2. The molecular formula is C12H16N2. The van der Waals surface area contributed by atoms with Crippen LogP contribution in [-0.2, 0) is 0 Å². The van der Waals surface area contributed by atoms with Crippen LogP contribution in [-0.4, -0.2) is 11.5 Å². The molecule has 0 bridgehead atoms. The second kappa shape index (κ2) is 3.46. The molecule has 74 valence electrons. The van der Waals surface area contributed by atoms with E-state index < -0.39 is 0 Å². The highest BCUT2D eigenvalue weighted by atomic mass is 14.7. The number of para-hydroxylation sites is 1. The summed E-state index contributed by atoms with van der Waals surface area (Å²) in [4.78, 5) is 3.43. The lowest BCUT2D eigenvalue weighted by Crippen LogP contribution is -2.08. The summed E-state index contributed by atoms with van der Waals surface area (Å²) in [6.07, 6.45) is 0. The van der Waals surface area contributed by atoms with Crippen molar-refractivity contribution in [3.63, 3.8) is 0 Å². The van der Waals surface area contributed by atoms with Gasteiger partial charge >= 0.3 is 0 Å². The first-order chi connectivity index (χ1) is 6.72. The van der Waals surface area contributed by atoms with Crippen molar-refractivity contribution >= 4 is 10.9 Å². The van der Waals surface area contributed by atoms with E-state index in [0.29, 0.717) is 12.5 Å². The van der Waals surface area contributed by atoms with Crippen LogP contribution in [0.4, 0.5) is 0 Å². The first-order valence-electron chi connectivity index (χ1n) is 5.00. The molecular weight excluding hydrogens is 172 g/mol. The Morgan fingerprint density at radius 1 is 1.43 bits per heavy atom. The van der Waals surface area contributed by atoms with Crippen LogP contribution in [0.5, 0.6) is 0 Å². The molecule has 1 atom stereocenters. The van der Waals surface area contributed by atoms with Crippen molar-refractivity contribution in [2.75, 3.05) is 6.54 Å². The van der Waals surface area contributed by atoms with Gasteiger partial charge in [-0.25, -0.2) is 0 Å². The van der Waals surface area contributed by atoms with Gasteiger partial charge in [-0.1, -0.05) is 25.1 Å². The lowest BCUT2D eigenvalue weighted by Gasteiger charge is -2.03. The first-order valence-corrected chi connectivity index (χ1v) is 5.00. The molecule has 1 aromatic carbocycles. The van der Waals surface area contributed by atoms with Crippen LogP contribution < -0.4 is 5.73 Å². The Hall–Kier alpha value is -1.28. The quantitative estimate of drug-likeness (QED) is 0.747. The van der Waals surface area contributed by atoms with Crippen LogP contribution in [0.3, 0.4) is 0 Å². The fourth-order valence-electron chi connectivity index (χ4n) is 1.72. The molecule has 1 heterocycles. The van der Waals surface area contributed by atoms with Crippen molar-refractivity contribution < 1.29 is 0 Å². The number of hydrogen-bond donors (Lipinski definition) is 2. The molecule has 2 aromatic rings. The Bertz CT molecular complexity index is 443. The number of aromatic nitrogens is 1. The average Bonchev–Trinajstić information content (AvgIpc) is 2.62. The zero-order valence-corrected chi connectivity index (χ0v) is 8.67. The Morgan fingerprint density at radius 3 is 2.86 bits per heavy atom. The van der Waals surface area contributed by atoms with Crippen LogP contribution in [0.15, 0.2) is 24.3 Å². The lowest BCUT2D eigenvalue weighted by molar-refractivity contribution is 0.754. The van der Waals surface area contributed by atoms with Crippen LogP contribution in [0.25, 0.3) is 10.9 Å².